The molecule has 0 radical (unpaired) electrons. The number of nitrogens with zero attached hydrogens (tertiary/aromatic N) is 4. The molecule has 2 aromatic heterocycles. The first-order valence-corrected chi connectivity index (χ1v) is 8.69. The second-order valence-electron chi connectivity index (χ2n) is 6.28. The first-order valence-electron chi connectivity index (χ1n) is 8.69. The quantitative estimate of drug-likeness (QED) is 0.346. The zero-order chi connectivity index (χ0) is 18.4. The maximum absolute atomic E-state index is 4.43. The Kier molecular flexibility index (Phi) is 7.84. The number of halogens is 1. The first-order chi connectivity index (χ1) is 12.7. The minimum Gasteiger partial charge on any atom is -0.353 e. The lowest BCUT2D eigenvalue weighted by molar-refractivity contribution is 0.462. The summed E-state index contributed by atoms with van der Waals surface area (Å²) in [6, 6.07) is 18.6. The molecule has 0 saturated heterocycles. The molecule has 2 heterocycles. The summed E-state index contributed by atoms with van der Waals surface area (Å²) in [6.07, 6.45) is 3.88. The van der Waals surface area contributed by atoms with E-state index in [0.717, 1.165) is 23.8 Å². The van der Waals surface area contributed by atoms with Crippen LogP contribution in [0.4, 0.5) is 0 Å². The number of nitrogens with one attached hydrogen (secondary N) is 1. The number of pyridine rings is 1. The third kappa shape index (κ3) is 5.56. The molecule has 0 spiro atoms. The smallest absolute Gasteiger partial charge is 0.194 e. The zero-order valence-electron chi connectivity index (χ0n) is 16.0. The summed E-state index contributed by atoms with van der Waals surface area (Å²) < 4.78 is 2.13. The maximum Gasteiger partial charge on any atom is 0.194 e. The summed E-state index contributed by atoms with van der Waals surface area (Å²) in [5.74, 6) is 0.870. The van der Waals surface area contributed by atoms with Crippen LogP contribution >= 0.6 is 24.0 Å². The number of hydrogen-bond acceptors (Lipinski definition) is 2. The molecule has 5 nitrogen and oxygen atoms in total. The van der Waals surface area contributed by atoms with Gasteiger partial charge in [-0.05, 0) is 35.9 Å². The largest absolute Gasteiger partial charge is 0.353 e. The van der Waals surface area contributed by atoms with Crippen molar-refractivity contribution in [3.05, 3.63) is 78.2 Å². The van der Waals surface area contributed by atoms with Crippen LogP contribution < -0.4 is 5.32 Å². The van der Waals surface area contributed by atoms with E-state index in [4.69, 9.17) is 0 Å². The van der Waals surface area contributed by atoms with E-state index < -0.39 is 0 Å². The Hall–Kier alpha value is -2.35. The van der Waals surface area contributed by atoms with Crippen LogP contribution in [-0.2, 0) is 20.1 Å². The van der Waals surface area contributed by atoms with E-state index in [-0.39, 0.29) is 24.0 Å². The van der Waals surface area contributed by atoms with Crippen LogP contribution in [0.5, 0.6) is 0 Å². The van der Waals surface area contributed by atoms with E-state index >= 15 is 0 Å². The van der Waals surface area contributed by atoms with Gasteiger partial charge in [-0.2, -0.15) is 0 Å². The van der Waals surface area contributed by atoms with Gasteiger partial charge >= 0.3 is 0 Å². The number of aromatic nitrogens is 2. The molecule has 1 aromatic carbocycles. The van der Waals surface area contributed by atoms with Gasteiger partial charge in [-0.15, -0.1) is 24.0 Å². The summed E-state index contributed by atoms with van der Waals surface area (Å²) in [5.41, 5.74) is 4.55. The highest BCUT2D eigenvalue weighted by Gasteiger charge is 2.08. The lowest BCUT2D eigenvalue weighted by Crippen LogP contribution is -2.38. The number of guanidine groups is 1. The molecule has 27 heavy (non-hydrogen) atoms. The van der Waals surface area contributed by atoms with E-state index in [1.807, 2.05) is 38.5 Å². The molecule has 0 atom stereocenters. The minimum atomic E-state index is 0. The predicted molar refractivity (Wildman–Crippen MR) is 122 cm³/mol. The highest BCUT2D eigenvalue weighted by Crippen LogP contribution is 2.17. The fourth-order valence-electron chi connectivity index (χ4n) is 2.92. The molecule has 1 N–H and O–H groups in total. The molecular formula is C21H26IN5. The molecule has 0 fully saturated rings. The Labute approximate surface area is 178 Å². The van der Waals surface area contributed by atoms with Crippen molar-refractivity contribution in [3.63, 3.8) is 0 Å². The average molecular weight is 475 g/mol. The zero-order valence-corrected chi connectivity index (χ0v) is 18.3. The van der Waals surface area contributed by atoms with Gasteiger partial charge in [-0.1, -0.05) is 24.3 Å². The molecule has 0 aliphatic heterocycles. The van der Waals surface area contributed by atoms with Crippen LogP contribution in [0.1, 0.15) is 11.3 Å². The summed E-state index contributed by atoms with van der Waals surface area (Å²) in [5, 5.41) is 3.44. The second kappa shape index (κ2) is 10.1. The summed E-state index contributed by atoms with van der Waals surface area (Å²) in [7, 11) is 5.92. The third-order valence-electron chi connectivity index (χ3n) is 4.36. The number of hydrogen-bond donors (Lipinski definition) is 1. The molecule has 3 aromatic rings. The number of benzene rings is 1. The Morgan fingerprint density at radius 3 is 2.67 bits per heavy atom. The molecule has 0 unspecified atom stereocenters. The van der Waals surface area contributed by atoms with Gasteiger partial charge in [-0.3, -0.25) is 9.98 Å². The van der Waals surface area contributed by atoms with E-state index in [1.54, 1.807) is 0 Å². The van der Waals surface area contributed by atoms with Gasteiger partial charge in [0, 0.05) is 51.3 Å². The van der Waals surface area contributed by atoms with Gasteiger partial charge < -0.3 is 14.8 Å². The molecule has 0 bridgehead atoms. The Morgan fingerprint density at radius 2 is 2.00 bits per heavy atom. The second-order valence-corrected chi connectivity index (χ2v) is 6.28. The Balaban J connectivity index is 0.00000261. The van der Waals surface area contributed by atoms with E-state index in [1.165, 1.54) is 11.3 Å². The number of aryl methyl sites for hydroxylation is 1. The van der Waals surface area contributed by atoms with Crippen molar-refractivity contribution in [3.8, 4) is 11.3 Å². The molecule has 0 aliphatic carbocycles. The first kappa shape index (κ1) is 21.0. The lowest BCUT2D eigenvalue weighted by atomic mass is 10.1. The molecule has 142 valence electrons. The van der Waals surface area contributed by atoms with Crippen LogP contribution in [0.15, 0.2) is 72.0 Å². The number of aliphatic imine (C=N–C) groups is 1. The molecule has 0 aliphatic rings. The van der Waals surface area contributed by atoms with Crippen LogP contribution in [0, 0.1) is 0 Å². The fraction of sp³-hybridized carbons (Fsp3) is 0.238. The van der Waals surface area contributed by atoms with Gasteiger partial charge in [0.2, 0.25) is 0 Å². The van der Waals surface area contributed by atoms with Gasteiger partial charge in [0.15, 0.2) is 5.96 Å². The van der Waals surface area contributed by atoms with Crippen LogP contribution in [0.25, 0.3) is 11.3 Å². The van der Waals surface area contributed by atoms with Gasteiger partial charge in [-0.25, -0.2) is 0 Å². The summed E-state index contributed by atoms with van der Waals surface area (Å²) >= 11 is 0. The van der Waals surface area contributed by atoms with Crippen molar-refractivity contribution in [2.24, 2.45) is 12.0 Å². The standard InChI is InChI=1S/C21H25N5.HI/c1-22-21(26(3)16-19-10-7-13-25(19)2)24-15-17-8-6-9-18(14-17)20-11-4-5-12-23-20;/h4-14H,15-16H2,1-3H3,(H,22,24);1H. The van der Waals surface area contributed by atoms with Gasteiger partial charge in [0.05, 0.1) is 12.2 Å². The van der Waals surface area contributed by atoms with Gasteiger partial charge in [0.1, 0.15) is 0 Å². The highest BCUT2D eigenvalue weighted by atomic mass is 127. The van der Waals surface area contributed by atoms with E-state index in [2.05, 4.69) is 74.4 Å². The van der Waals surface area contributed by atoms with Gasteiger partial charge in [0.25, 0.3) is 0 Å². The minimum absolute atomic E-state index is 0. The van der Waals surface area contributed by atoms with Crippen molar-refractivity contribution >= 4 is 29.9 Å². The molecule has 0 saturated carbocycles. The van der Waals surface area contributed by atoms with E-state index in [9.17, 15) is 0 Å². The van der Waals surface area contributed by atoms with Crippen LogP contribution in [0.3, 0.4) is 0 Å². The predicted octanol–water partition coefficient (Wildman–Crippen LogP) is 3.91. The van der Waals surface area contributed by atoms with Crippen molar-refractivity contribution < 1.29 is 0 Å². The van der Waals surface area contributed by atoms with Crippen molar-refractivity contribution in [1.82, 2.24) is 19.8 Å². The summed E-state index contributed by atoms with van der Waals surface area (Å²) in [6.45, 7) is 1.52. The van der Waals surface area contributed by atoms with Crippen LogP contribution in [-0.4, -0.2) is 34.5 Å². The van der Waals surface area contributed by atoms with Crippen molar-refractivity contribution in [2.45, 2.75) is 13.1 Å². The van der Waals surface area contributed by atoms with Crippen molar-refractivity contribution in [1.29, 1.82) is 0 Å². The van der Waals surface area contributed by atoms with Crippen molar-refractivity contribution in [2.75, 3.05) is 14.1 Å². The third-order valence-corrected chi connectivity index (χ3v) is 4.36. The molecule has 3 rings (SSSR count). The SMILES string of the molecule is CN=C(NCc1cccc(-c2ccccn2)c1)N(C)Cc1cccn1C.I. The number of rotatable bonds is 5. The lowest BCUT2D eigenvalue weighted by Gasteiger charge is -2.22. The van der Waals surface area contributed by atoms with Crippen LogP contribution in [0.2, 0.25) is 0 Å². The van der Waals surface area contributed by atoms with E-state index in [0.29, 0.717) is 6.54 Å². The fourth-order valence-corrected chi connectivity index (χ4v) is 2.92. The highest BCUT2D eigenvalue weighted by molar-refractivity contribution is 14.0. The average Bonchev–Trinajstić information content (AvgIpc) is 3.08. The monoisotopic (exact) mass is 475 g/mol. The normalized spacial score (nSPS) is 11.0. The Morgan fingerprint density at radius 1 is 1.15 bits per heavy atom. The summed E-state index contributed by atoms with van der Waals surface area (Å²) in [4.78, 5) is 11.0. The molecule has 0 amide bonds. The molecule has 6 heteroatoms. The maximum atomic E-state index is 4.43. The Bertz CT molecular complexity index is 873. The molecular weight excluding hydrogens is 449 g/mol. The topological polar surface area (TPSA) is 45.5 Å².